The zero-order chi connectivity index (χ0) is 13.8. The predicted octanol–water partition coefficient (Wildman–Crippen LogP) is 3.59. The maximum Gasteiger partial charge on any atom is 0.227 e. The molecule has 0 spiro atoms. The lowest BCUT2D eigenvalue weighted by molar-refractivity contribution is -0.678. The number of hydrogen-bond acceptors (Lipinski definition) is 2. The molecule has 3 aromatic rings. The van der Waals surface area contributed by atoms with Crippen molar-refractivity contribution in [2.45, 2.75) is 6.54 Å². The summed E-state index contributed by atoms with van der Waals surface area (Å²) >= 11 is 1.59. The van der Waals surface area contributed by atoms with E-state index in [1.165, 1.54) is 5.56 Å². The molecular weight excluding hydrogens is 266 g/mol. The Labute approximate surface area is 122 Å². The fourth-order valence-corrected chi connectivity index (χ4v) is 2.69. The van der Waals surface area contributed by atoms with E-state index < -0.39 is 0 Å². The minimum Gasteiger partial charge on any atom is -0.287 e. The highest BCUT2D eigenvalue weighted by molar-refractivity contribution is 7.07. The summed E-state index contributed by atoms with van der Waals surface area (Å²) in [5, 5.41) is 1.96. The smallest absolute Gasteiger partial charge is 0.227 e. The molecule has 3 rings (SSSR count). The molecule has 0 unspecified atom stereocenters. The molecule has 0 atom stereocenters. The van der Waals surface area contributed by atoms with Crippen LogP contribution in [0.5, 0.6) is 0 Å². The third-order valence-corrected chi connectivity index (χ3v) is 3.84. The summed E-state index contributed by atoms with van der Waals surface area (Å²) in [6.45, 7) is 0.397. The summed E-state index contributed by atoms with van der Waals surface area (Å²) < 4.78 is 1.90. The van der Waals surface area contributed by atoms with Crippen LogP contribution in [0.25, 0.3) is 11.1 Å². The van der Waals surface area contributed by atoms with Crippen LogP contribution in [0.4, 0.5) is 0 Å². The Bertz CT molecular complexity index is 688. The SMILES string of the molecule is O=C(C[n+]1ccsc1)c1ccc(-c2ccccc2)cc1. The molecule has 0 saturated carbocycles. The molecule has 0 aliphatic rings. The lowest BCUT2D eigenvalue weighted by atomic mass is 10.0. The molecule has 1 heterocycles. The Morgan fingerprint density at radius 1 is 0.950 bits per heavy atom. The Balaban J connectivity index is 1.78. The topological polar surface area (TPSA) is 20.9 Å². The van der Waals surface area contributed by atoms with Gasteiger partial charge >= 0.3 is 0 Å². The fraction of sp³-hybridized carbons (Fsp3) is 0.0588. The van der Waals surface area contributed by atoms with E-state index in [0.29, 0.717) is 6.54 Å². The van der Waals surface area contributed by atoms with E-state index in [1.54, 1.807) is 11.3 Å². The molecule has 0 bridgehead atoms. The zero-order valence-corrected chi connectivity index (χ0v) is 11.7. The van der Waals surface area contributed by atoms with Crippen LogP contribution < -0.4 is 4.57 Å². The van der Waals surface area contributed by atoms with Crippen molar-refractivity contribution in [2.24, 2.45) is 0 Å². The second-order valence-electron chi connectivity index (χ2n) is 4.57. The van der Waals surface area contributed by atoms with E-state index in [1.807, 2.05) is 64.1 Å². The summed E-state index contributed by atoms with van der Waals surface area (Å²) in [7, 11) is 0. The van der Waals surface area contributed by atoms with E-state index in [4.69, 9.17) is 0 Å². The van der Waals surface area contributed by atoms with Gasteiger partial charge in [-0.3, -0.25) is 4.79 Å². The number of Topliss-reactive ketones (excluding diaryl/α,β-unsaturated/α-hetero) is 1. The predicted molar refractivity (Wildman–Crippen MR) is 80.7 cm³/mol. The number of carbonyl (C=O) groups is 1. The number of nitrogens with zero attached hydrogens (tertiary/aromatic N) is 1. The van der Waals surface area contributed by atoms with Crippen molar-refractivity contribution < 1.29 is 9.36 Å². The number of benzene rings is 2. The zero-order valence-electron chi connectivity index (χ0n) is 10.9. The minimum atomic E-state index is 0.132. The van der Waals surface area contributed by atoms with Crippen LogP contribution >= 0.6 is 11.3 Å². The first kappa shape index (κ1) is 12.8. The van der Waals surface area contributed by atoms with Gasteiger partial charge in [-0.05, 0) is 11.1 Å². The molecule has 0 N–H and O–H groups in total. The fourth-order valence-electron chi connectivity index (χ4n) is 2.09. The quantitative estimate of drug-likeness (QED) is 0.528. The van der Waals surface area contributed by atoms with Gasteiger partial charge in [-0.15, -0.1) is 0 Å². The van der Waals surface area contributed by atoms with E-state index in [2.05, 4.69) is 12.1 Å². The highest BCUT2D eigenvalue weighted by atomic mass is 32.1. The van der Waals surface area contributed by atoms with E-state index in [9.17, 15) is 4.79 Å². The van der Waals surface area contributed by atoms with Gasteiger partial charge in [-0.1, -0.05) is 65.9 Å². The molecule has 0 aliphatic heterocycles. The van der Waals surface area contributed by atoms with Crippen molar-refractivity contribution >= 4 is 17.1 Å². The largest absolute Gasteiger partial charge is 0.287 e. The summed E-state index contributed by atoms with van der Waals surface area (Å²) in [5.74, 6) is 0.132. The third-order valence-electron chi connectivity index (χ3n) is 3.17. The van der Waals surface area contributed by atoms with Gasteiger partial charge in [0.1, 0.15) is 0 Å². The number of thiazole rings is 1. The number of ketones is 1. The highest BCUT2D eigenvalue weighted by Crippen LogP contribution is 2.19. The normalized spacial score (nSPS) is 10.4. The van der Waals surface area contributed by atoms with Crippen LogP contribution in [0.15, 0.2) is 71.7 Å². The maximum absolute atomic E-state index is 12.1. The van der Waals surface area contributed by atoms with Gasteiger partial charge in [0.25, 0.3) is 0 Å². The van der Waals surface area contributed by atoms with Gasteiger partial charge in [0, 0.05) is 5.56 Å². The second kappa shape index (κ2) is 5.80. The number of aromatic nitrogens is 1. The summed E-state index contributed by atoms with van der Waals surface area (Å²) in [5.41, 5.74) is 4.99. The van der Waals surface area contributed by atoms with Crippen molar-refractivity contribution in [3.8, 4) is 11.1 Å². The van der Waals surface area contributed by atoms with Crippen molar-refractivity contribution in [1.29, 1.82) is 0 Å². The molecule has 98 valence electrons. The van der Waals surface area contributed by atoms with Crippen molar-refractivity contribution in [3.63, 3.8) is 0 Å². The minimum absolute atomic E-state index is 0.132. The molecule has 3 heteroatoms. The first-order valence-corrected chi connectivity index (χ1v) is 7.37. The van der Waals surface area contributed by atoms with Gasteiger partial charge in [0.2, 0.25) is 17.8 Å². The molecule has 2 nitrogen and oxygen atoms in total. The molecule has 2 aromatic carbocycles. The molecule has 1 aromatic heterocycles. The summed E-state index contributed by atoms with van der Waals surface area (Å²) in [6, 6.07) is 18.0. The molecular formula is C17H14NOS+. The molecule has 20 heavy (non-hydrogen) atoms. The highest BCUT2D eigenvalue weighted by Gasteiger charge is 2.12. The lowest BCUT2D eigenvalue weighted by Crippen LogP contribution is -2.34. The maximum atomic E-state index is 12.1. The molecule has 0 aliphatic carbocycles. The van der Waals surface area contributed by atoms with E-state index in [0.717, 1.165) is 11.1 Å². The third kappa shape index (κ3) is 2.83. The first-order chi connectivity index (χ1) is 9.83. The standard InChI is InChI=1S/C17H14NOS/c19-17(12-18-10-11-20-13-18)16-8-6-15(7-9-16)14-4-2-1-3-5-14/h1-11,13H,12H2/q+1. The van der Waals surface area contributed by atoms with Crippen LogP contribution in [0.3, 0.4) is 0 Å². The van der Waals surface area contributed by atoms with Crippen molar-refractivity contribution in [3.05, 3.63) is 77.2 Å². The van der Waals surface area contributed by atoms with E-state index in [-0.39, 0.29) is 5.78 Å². The van der Waals surface area contributed by atoms with Gasteiger partial charge < -0.3 is 0 Å². The summed E-state index contributed by atoms with van der Waals surface area (Å²) in [6.07, 6.45) is 1.92. The molecule has 0 amide bonds. The van der Waals surface area contributed by atoms with Crippen molar-refractivity contribution in [1.82, 2.24) is 0 Å². The second-order valence-corrected chi connectivity index (χ2v) is 5.32. The molecule has 0 radical (unpaired) electrons. The van der Waals surface area contributed by atoms with Crippen molar-refractivity contribution in [2.75, 3.05) is 0 Å². The Kier molecular flexibility index (Phi) is 3.70. The molecule has 0 fully saturated rings. The van der Waals surface area contributed by atoms with Crippen LogP contribution in [-0.2, 0) is 6.54 Å². The van der Waals surface area contributed by atoms with Crippen LogP contribution in [0, 0.1) is 0 Å². The van der Waals surface area contributed by atoms with Gasteiger partial charge in [0.05, 0.1) is 5.38 Å². The number of carbonyl (C=O) groups excluding carboxylic acids is 1. The monoisotopic (exact) mass is 280 g/mol. The summed E-state index contributed by atoms with van der Waals surface area (Å²) in [4.78, 5) is 12.1. The Morgan fingerprint density at radius 3 is 2.30 bits per heavy atom. The average Bonchev–Trinajstić information content (AvgIpc) is 3.01. The molecule has 0 saturated heterocycles. The Morgan fingerprint density at radius 2 is 1.65 bits per heavy atom. The van der Waals surface area contributed by atoms with Crippen LogP contribution in [0.2, 0.25) is 0 Å². The van der Waals surface area contributed by atoms with E-state index >= 15 is 0 Å². The van der Waals surface area contributed by atoms with Gasteiger partial charge in [-0.25, -0.2) is 0 Å². The lowest BCUT2D eigenvalue weighted by Gasteiger charge is -2.02. The van der Waals surface area contributed by atoms with Crippen LogP contribution in [0.1, 0.15) is 10.4 Å². The number of rotatable bonds is 4. The van der Waals surface area contributed by atoms with Crippen LogP contribution in [-0.4, -0.2) is 5.78 Å². The van der Waals surface area contributed by atoms with Gasteiger partial charge in [-0.2, -0.15) is 4.57 Å². The first-order valence-electron chi connectivity index (χ1n) is 6.43. The van der Waals surface area contributed by atoms with Gasteiger partial charge in [0.15, 0.2) is 6.20 Å². The number of hydrogen-bond donors (Lipinski definition) is 0. The average molecular weight is 280 g/mol. The Hall–Kier alpha value is -2.26.